The average Bonchev–Trinajstić information content (AvgIpc) is 2.13. The third kappa shape index (κ3) is 4.97. The van der Waals surface area contributed by atoms with Gasteiger partial charge in [-0.2, -0.15) is 0 Å². The standard InChI is InChI=1S/C13H29NO4P/c1-9-17-19(16,18-10-2)11(12(3,4)5)14(15)13(6,7)8/h11H,9-10H2,1-8H3/q+1. The second-order valence-electron chi connectivity index (χ2n) is 6.61. The van der Waals surface area contributed by atoms with Crippen LogP contribution < -0.4 is 0 Å². The van der Waals surface area contributed by atoms with E-state index in [-0.39, 0.29) is 13.2 Å². The van der Waals surface area contributed by atoms with E-state index < -0.39 is 24.3 Å². The number of nitrogens with zero attached hydrogens (tertiary/aromatic N) is 1. The molecule has 0 saturated heterocycles. The van der Waals surface area contributed by atoms with Crippen LogP contribution in [0.4, 0.5) is 0 Å². The highest BCUT2D eigenvalue weighted by molar-refractivity contribution is 7.54. The summed E-state index contributed by atoms with van der Waals surface area (Å²) in [5.41, 5.74) is -1.18. The molecule has 0 aliphatic heterocycles. The van der Waals surface area contributed by atoms with Crippen LogP contribution in [0.25, 0.3) is 0 Å². The van der Waals surface area contributed by atoms with Crippen molar-refractivity contribution in [3.05, 3.63) is 4.91 Å². The van der Waals surface area contributed by atoms with Gasteiger partial charge in [-0.25, -0.2) is 0 Å². The summed E-state index contributed by atoms with van der Waals surface area (Å²) in [5, 5.41) is 0. The van der Waals surface area contributed by atoms with Crippen LogP contribution in [0.15, 0.2) is 0 Å². The van der Waals surface area contributed by atoms with Gasteiger partial charge < -0.3 is 9.05 Å². The van der Waals surface area contributed by atoms with Gasteiger partial charge in [0, 0.05) is 35.9 Å². The largest absolute Gasteiger partial charge is 0.402 e. The van der Waals surface area contributed by atoms with E-state index in [0.29, 0.717) is 0 Å². The predicted molar refractivity (Wildman–Crippen MR) is 77.5 cm³/mol. The Morgan fingerprint density at radius 1 is 1.00 bits per heavy atom. The smallest absolute Gasteiger partial charge is 0.304 e. The van der Waals surface area contributed by atoms with Crippen molar-refractivity contribution in [1.82, 2.24) is 0 Å². The average molecular weight is 294 g/mol. The van der Waals surface area contributed by atoms with Crippen LogP contribution in [0.2, 0.25) is 0 Å². The quantitative estimate of drug-likeness (QED) is 0.544. The zero-order valence-electron chi connectivity index (χ0n) is 13.5. The van der Waals surface area contributed by atoms with Crippen molar-refractivity contribution in [1.29, 1.82) is 0 Å². The minimum absolute atomic E-state index is 0.252. The molecule has 0 saturated carbocycles. The lowest BCUT2D eigenvalue weighted by molar-refractivity contribution is -0.643. The summed E-state index contributed by atoms with van der Waals surface area (Å²) >= 11 is 0. The molecule has 5 nitrogen and oxygen atoms in total. The molecule has 0 radical (unpaired) electrons. The minimum atomic E-state index is -3.49. The summed E-state index contributed by atoms with van der Waals surface area (Å²) in [6, 6.07) is 0. The van der Waals surface area contributed by atoms with Gasteiger partial charge in [-0.05, 0) is 13.8 Å². The fraction of sp³-hybridized carbons (Fsp3) is 1.00. The van der Waals surface area contributed by atoms with E-state index in [4.69, 9.17) is 9.05 Å². The molecular formula is C13H29NO4P+. The van der Waals surface area contributed by atoms with Gasteiger partial charge >= 0.3 is 13.4 Å². The normalized spacial score (nSPS) is 15.4. The zero-order chi connectivity index (χ0) is 15.5. The Morgan fingerprint density at radius 2 is 1.37 bits per heavy atom. The monoisotopic (exact) mass is 294 g/mol. The van der Waals surface area contributed by atoms with Gasteiger partial charge in [0.15, 0.2) is 0 Å². The van der Waals surface area contributed by atoms with Crippen molar-refractivity contribution in [3.8, 4) is 0 Å². The first-order valence-corrected chi connectivity index (χ1v) is 8.36. The summed E-state index contributed by atoms with van der Waals surface area (Å²) < 4.78 is 24.6. The summed E-state index contributed by atoms with van der Waals surface area (Å²) in [7, 11) is -3.49. The van der Waals surface area contributed by atoms with Crippen molar-refractivity contribution in [2.45, 2.75) is 66.7 Å². The molecule has 0 heterocycles. The molecule has 0 aliphatic rings. The second-order valence-corrected chi connectivity index (χ2v) is 8.70. The summed E-state index contributed by atoms with van der Waals surface area (Å²) in [5.74, 6) is -0.833. The van der Waals surface area contributed by atoms with Crippen LogP contribution in [0.1, 0.15) is 55.4 Å². The van der Waals surface area contributed by atoms with Gasteiger partial charge in [0.1, 0.15) is 0 Å². The van der Waals surface area contributed by atoms with Crippen molar-refractivity contribution in [2.75, 3.05) is 13.2 Å². The van der Waals surface area contributed by atoms with Crippen molar-refractivity contribution in [3.63, 3.8) is 0 Å². The molecule has 114 valence electrons. The molecule has 6 heteroatoms. The molecule has 0 aliphatic carbocycles. The molecular weight excluding hydrogens is 265 g/mol. The second kappa shape index (κ2) is 6.47. The van der Waals surface area contributed by atoms with Gasteiger partial charge in [0.05, 0.1) is 13.2 Å². The lowest BCUT2D eigenvalue weighted by atomic mass is 9.94. The van der Waals surface area contributed by atoms with Crippen LogP contribution in [0, 0.1) is 10.3 Å². The minimum Gasteiger partial charge on any atom is -0.304 e. The van der Waals surface area contributed by atoms with E-state index in [1.807, 2.05) is 20.8 Å². The number of rotatable bonds is 6. The third-order valence-corrected chi connectivity index (χ3v) is 5.40. The summed E-state index contributed by atoms with van der Waals surface area (Å²) in [6.45, 7) is 15.0. The van der Waals surface area contributed by atoms with E-state index >= 15 is 0 Å². The molecule has 0 fully saturated rings. The Hall–Kier alpha value is -0.250. The third-order valence-electron chi connectivity index (χ3n) is 2.58. The number of nitroso groups, excluding NO2 is 1. The molecule has 0 bridgehead atoms. The molecule has 1 unspecified atom stereocenters. The van der Waals surface area contributed by atoms with Crippen molar-refractivity contribution in [2.24, 2.45) is 5.41 Å². The maximum atomic E-state index is 13.0. The lowest BCUT2D eigenvalue weighted by Gasteiger charge is -2.31. The molecule has 0 N–H and O–H groups in total. The number of hydrogen-bond donors (Lipinski definition) is 0. The van der Waals surface area contributed by atoms with Crippen LogP contribution in [-0.4, -0.2) is 29.3 Å². The van der Waals surface area contributed by atoms with Gasteiger partial charge in [-0.1, -0.05) is 20.8 Å². The fourth-order valence-corrected chi connectivity index (χ4v) is 4.49. The highest BCUT2D eigenvalue weighted by atomic mass is 31.2. The molecule has 0 rings (SSSR count). The van der Waals surface area contributed by atoms with Gasteiger partial charge in [-0.3, -0.25) is 4.57 Å². The Labute approximate surface area is 117 Å². The summed E-state index contributed by atoms with van der Waals surface area (Å²) in [6.07, 6.45) is 0. The first-order chi connectivity index (χ1) is 8.40. The summed E-state index contributed by atoms with van der Waals surface area (Å²) in [4.78, 5) is 12.6. The first-order valence-electron chi connectivity index (χ1n) is 6.75. The molecule has 0 aromatic carbocycles. The Morgan fingerprint density at radius 3 is 1.58 bits per heavy atom. The first kappa shape index (κ1) is 18.8. The lowest BCUT2D eigenvalue weighted by Crippen LogP contribution is -2.46. The maximum Gasteiger partial charge on any atom is 0.402 e. The predicted octanol–water partition coefficient (Wildman–Crippen LogP) is 4.20. The van der Waals surface area contributed by atoms with Crippen LogP contribution >= 0.6 is 7.60 Å². The van der Waals surface area contributed by atoms with Gasteiger partial charge in [0.25, 0.3) is 0 Å². The van der Waals surface area contributed by atoms with E-state index in [9.17, 15) is 9.47 Å². The molecule has 0 aromatic heterocycles. The van der Waals surface area contributed by atoms with Crippen molar-refractivity contribution < 1.29 is 18.4 Å². The van der Waals surface area contributed by atoms with E-state index in [1.165, 1.54) is 0 Å². The topological polar surface area (TPSA) is 55.6 Å². The molecule has 1 atom stereocenters. The molecule has 19 heavy (non-hydrogen) atoms. The zero-order valence-corrected chi connectivity index (χ0v) is 14.4. The van der Waals surface area contributed by atoms with Crippen LogP contribution in [0.5, 0.6) is 0 Å². The highest BCUT2D eigenvalue weighted by Crippen LogP contribution is 2.59. The van der Waals surface area contributed by atoms with Crippen LogP contribution in [0.3, 0.4) is 0 Å². The van der Waals surface area contributed by atoms with E-state index in [0.717, 1.165) is 4.76 Å². The highest BCUT2D eigenvalue weighted by Gasteiger charge is 2.57. The Balaban J connectivity index is 5.72. The van der Waals surface area contributed by atoms with E-state index in [1.54, 1.807) is 34.6 Å². The Kier molecular flexibility index (Phi) is 6.38. The van der Waals surface area contributed by atoms with Crippen LogP contribution in [-0.2, 0) is 13.6 Å². The van der Waals surface area contributed by atoms with Crippen molar-refractivity contribution >= 4 is 7.60 Å². The SMILES string of the molecule is CCOP(=O)(OCC)C([N+](=O)C(C)(C)C)C(C)(C)C. The van der Waals surface area contributed by atoms with Gasteiger partial charge in [0.2, 0.25) is 5.54 Å². The Bertz CT molecular complexity index is 345. The van der Waals surface area contributed by atoms with Gasteiger partial charge in [-0.15, -0.1) is 0 Å². The van der Waals surface area contributed by atoms with E-state index in [2.05, 4.69) is 0 Å². The number of hydrogen-bond acceptors (Lipinski definition) is 4. The molecule has 0 aromatic rings. The maximum absolute atomic E-state index is 13.0. The molecule has 0 amide bonds. The fourth-order valence-electron chi connectivity index (χ4n) is 1.86. The molecule has 0 spiro atoms.